The Kier molecular flexibility index (Phi) is 3.43. The quantitative estimate of drug-likeness (QED) is 0.863. The summed E-state index contributed by atoms with van der Waals surface area (Å²) in [6, 6.07) is 4.59. The third kappa shape index (κ3) is 2.47. The predicted octanol–water partition coefficient (Wildman–Crippen LogP) is 3.54. The zero-order chi connectivity index (χ0) is 12.6. The summed E-state index contributed by atoms with van der Waals surface area (Å²) < 4.78 is 5.46. The normalized spacial score (nSPS) is 17.3. The number of rotatable bonds is 4. The second-order valence-electron chi connectivity index (χ2n) is 5.47. The first-order chi connectivity index (χ1) is 8.04. The van der Waals surface area contributed by atoms with Crippen LogP contribution in [0.15, 0.2) is 12.1 Å². The zero-order valence-electron chi connectivity index (χ0n) is 11.3. The molecule has 2 N–H and O–H groups in total. The van der Waals surface area contributed by atoms with E-state index in [1.54, 1.807) is 7.11 Å². The lowest BCUT2D eigenvalue weighted by atomic mass is 9.91. The molecule has 94 valence electrons. The number of benzene rings is 1. The van der Waals surface area contributed by atoms with Crippen molar-refractivity contribution in [3.05, 3.63) is 28.8 Å². The van der Waals surface area contributed by atoms with Crippen LogP contribution in [0, 0.1) is 12.8 Å². The first-order valence-corrected chi connectivity index (χ1v) is 6.48. The molecule has 2 heteroatoms. The zero-order valence-corrected chi connectivity index (χ0v) is 11.3. The van der Waals surface area contributed by atoms with Gasteiger partial charge in [0, 0.05) is 6.04 Å². The molecule has 0 radical (unpaired) electrons. The number of methoxy groups -OCH3 is 1. The van der Waals surface area contributed by atoms with Crippen molar-refractivity contribution in [2.75, 3.05) is 7.11 Å². The van der Waals surface area contributed by atoms with Crippen molar-refractivity contribution < 1.29 is 4.74 Å². The average Bonchev–Trinajstić information content (AvgIpc) is 3.11. The largest absolute Gasteiger partial charge is 0.496 e. The molecule has 0 aliphatic heterocycles. The van der Waals surface area contributed by atoms with E-state index in [-0.39, 0.29) is 6.04 Å². The summed E-state index contributed by atoms with van der Waals surface area (Å²) in [4.78, 5) is 0. The minimum atomic E-state index is 0.207. The fraction of sp³-hybridized carbons (Fsp3) is 0.600. The van der Waals surface area contributed by atoms with Gasteiger partial charge in [0.25, 0.3) is 0 Å². The van der Waals surface area contributed by atoms with Crippen LogP contribution >= 0.6 is 0 Å². The number of ether oxygens (including phenoxy) is 1. The van der Waals surface area contributed by atoms with E-state index in [4.69, 9.17) is 10.5 Å². The van der Waals surface area contributed by atoms with Crippen LogP contribution in [0.5, 0.6) is 5.75 Å². The first-order valence-electron chi connectivity index (χ1n) is 6.48. The first kappa shape index (κ1) is 12.4. The van der Waals surface area contributed by atoms with E-state index in [1.165, 1.54) is 29.5 Å². The van der Waals surface area contributed by atoms with Crippen LogP contribution in [0.25, 0.3) is 0 Å². The Labute approximate surface area is 104 Å². The topological polar surface area (TPSA) is 35.2 Å². The minimum Gasteiger partial charge on any atom is -0.496 e. The summed E-state index contributed by atoms with van der Waals surface area (Å²) in [5.74, 6) is 2.15. The molecule has 0 amide bonds. The summed E-state index contributed by atoms with van der Waals surface area (Å²) in [5, 5.41) is 0. The van der Waals surface area contributed by atoms with E-state index in [1.807, 2.05) is 0 Å². The van der Waals surface area contributed by atoms with Gasteiger partial charge in [-0.05, 0) is 54.4 Å². The van der Waals surface area contributed by atoms with Crippen LogP contribution in [0.4, 0.5) is 0 Å². The van der Waals surface area contributed by atoms with Gasteiger partial charge in [0.05, 0.1) is 7.11 Å². The van der Waals surface area contributed by atoms with Crippen molar-refractivity contribution in [3.8, 4) is 5.75 Å². The Hall–Kier alpha value is -1.02. The van der Waals surface area contributed by atoms with E-state index >= 15 is 0 Å². The molecule has 1 aliphatic rings. The summed E-state index contributed by atoms with van der Waals surface area (Å²) in [6.07, 6.45) is 2.56. The molecule has 1 aromatic rings. The molecule has 1 atom stereocenters. The summed E-state index contributed by atoms with van der Waals surface area (Å²) >= 11 is 0. The maximum absolute atomic E-state index is 6.32. The van der Waals surface area contributed by atoms with Crippen molar-refractivity contribution in [1.82, 2.24) is 0 Å². The van der Waals surface area contributed by atoms with Crippen LogP contribution < -0.4 is 10.5 Å². The smallest absolute Gasteiger partial charge is 0.122 e. The molecule has 1 aliphatic carbocycles. The number of aryl methyl sites for hydroxylation is 1. The monoisotopic (exact) mass is 233 g/mol. The van der Waals surface area contributed by atoms with Gasteiger partial charge in [-0.25, -0.2) is 0 Å². The van der Waals surface area contributed by atoms with Crippen molar-refractivity contribution in [2.24, 2.45) is 11.7 Å². The Morgan fingerprint density at radius 3 is 2.35 bits per heavy atom. The van der Waals surface area contributed by atoms with Crippen molar-refractivity contribution in [3.63, 3.8) is 0 Å². The average molecular weight is 233 g/mol. The van der Waals surface area contributed by atoms with Gasteiger partial charge in [0.15, 0.2) is 0 Å². The minimum absolute atomic E-state index is 0.207. The fourth-order valence-electron chi connectivity index (χ4n) is 2.41. The molecule has 1 saturated carbocycles. The predicted molar refractivity (Wildman–Crippen MR) is 71.5 cm³/mol. The van der Waals surface area contributed by atoms with Crippen molar-refractivity contribution in [2.45, 2.75) is 45.6 Å². The third-order valence-electron chi connectivity index (χ3n) is 3.73. The van der Waals surface area contributed by atoms with E-state index in [9.17, 15) is 0 Å². The standard InChI is InChI=1S/C15H23NO/c1-9(2)12-8-13(15(16)11-5-6-11)10(3)7-14(12)17-4/h7-9,11,15H,5-6,16H2,1-4H3. The summed E-state index contributed by atoms with van der Waals surface area (Å²) in [5.41, 5.74) is 10.1. The van der Waals surface area contributed by atoms with E-state index < -0.39 is 0 Å². The molecule has 0 saturated heterocycles. The number of hydrogen-bond acceptors (Lipinski definition) is 2. The van der Waals surface area contributed by atoms with Crippen molar-refractivity contribution in [1.29, 1.82) is 0 Å². The SMILES string of the molecule is COc1cc(C)c(C(N)C2CC2)cc1C(C)C. The summed E-state index contributed by atoms with van der Waals surface area (Å²) in [7, 11) is 1.74. The van der Waals surface area contributed by atoms with Gasteiger partial charge in [0.2, 0.25) is 0 Å². The van der Waals surface area contributed by atoms with Crippen LogP contribution in [0.2, 0.25) is 0 Å². The molecule has 1 aromatic carbocycles. The highest BCUT2D eigenvalue weighted by Gasteiger charge is 2.30. The maximum Gasteiger partial charge on any atom is 0.122 e. The molecule has 0 aromatic heterocycles. The Bertz CT molecular complexity index is 408. The van der Waals surface area contributed by atoms with Gasteiger partial charge < -0.3 is 10.5 Å². The highest BCUT2D eigenvalue weighted by molar-refractivity contribution is 5.45. The van der Waals surface area contributed by atoms with Gasteiger partial charge >= 0.3 is 0 Å². The fourth-order valence-corrected chi connectivity index (χ4v) is 2.41. The highest BCUT2D eigenvalue weighted by Crippen LogP contribution is 2.42. The molecule has 1 fully saturated rings. The molecule has 1 unspecified atom stereocenters. The Morgan fingerprint density at radius 2 is 1.88 bits per heavy atom. The molecule has 2 rings (SSSR count). The summed E-state index contributed by atoms with van der Waals surface area (Å²) in [6.45, 7) is 6.52. The lowest BCUT2D eigenvalue weighted by Crippen LogP contribution is -2.14. The van der Waals surface area contributed by atoms with Crippen LogP contribution in [-0.2, 0) is 0 Å². The Morgan fingerprint density at radius 1 is 1.24 bits per heavy atom. The lowest BCUT2D eigenvalue weighted by Gasteiger charge is -2.19. The maximum atomic E-state index is 6.32. The van der Waals surface area contributed by atoms with Crippen LogP contribution in [0.1, 0.15) is 55.3 Å². The molecule has 0 spiro atoms. The third-order valence-corrected chi connectivity index (χ3v) is 3.73. The molecule has 2 nitrogen and oxygen atoms in total. The van der Waals surface area contributed by atoms with Gasteiger partial charge in [0.1, 0.15) is 5.75 Å². The molecular weight excluding hydrogens is 210 g/mol. The van der Waals surface area contributed by atoms with E-state index in [2.05, 4.69) is 32.9 Å². The second-order valence-corrected chi connectivity index (χ2v) is 5.47. The van der Waals surface area contributed by atoms with Gasteiger partial charge in [-0.1, -0.05) is 19.9 Å². The van der Waals surface area contributed by atoms with Crippen LogP contribution in [0.3, 0.4) is 0 Å². The van der Waals surface area contributed by atoms with E-state index in [0.29, 0.717) is 11.8 Å². The molecular formula is C15H23NO. The number of nitrogens with two attached hydrogens (primary N) is 1. The van der Waals surface area contributed by atoms with Crippen molar-refractivity contribution >= 4 is 0 Å². The van der Waals surface area contributed by atoms with Gasteiger partial charge in [-0.2, -0.15) is 0 Å². The lowest BCUT2D eigenvalue weighted by molar-refractivity contribution is 0.406. The molecule has 0 heterocycles. The van der Waals surface area contributed by atoms with E-state index in [0.717, 1.165) is 5.75 Å². The highest BCUT2D eigenvalue weighted by atomic mass is 16.5. The molecule has 17 heavy (non-hydrogen) atoms. The number of hydrogen-bond donors (Lipinski definition) is 1. The Balaban J connectivity index is 2.41. The van der Waals surface area contributed by atoms with Gasteiger partial charge in [-0.3, -0.25) is 0 Å². The molecule has 0 bridgehead atoms. The van der Waals surface area contributed by atoms with Gasteiger partial charge in [-0.15, -0.1) is 0 Å². The van der Waals surface area contributed by atoms with Crippen LogP contribution in [-0.4, -0.2) is 7.11 Å². The second kappa shape index (κ2) is 4.69.